The standard InChI is InChI=1S/C21H21N5O3/c22-13-17-3-1-2-4-18(17)25-20(28)19(27)24-14-15-7-11-26(12-8-15)21(29)16-5-9-23-10-6-16/h1-6,9-10,15H,7-8,11-12,14H2,(H,24,27)(H,25,28). The molecule has 1 saturated heterocycles. The van der Waals surface area contributed by atoms with Crippen LogP contribution in [0.4, 0.5) is 5.69 Å². The van der Waals surface area contributed by atoms with Crippen molar-refractivity contribution in [1.29, 1.82) is 5.26 Å². The minimum absolute atomic E-state index is 0.0228. The number of hydrogen-bond acceptors (Lipinski definition) is 5. The van der Waals surface area contributed by atoms with Crippen molar-refractivity contribution in [3.63, 3.8) is 0 Å². The zero-order valence-electron chi connectivity index (χ0n) is 15.8. The Morgan fingerprint density at radius 2 is 1.76 bits per heavy atom. The minimum atomic E-state index is -0.807. The molecule has 1 aromatic carbocycles. The van der Waals surface area contributed by atoms with E-state index in [0.29, 0.717) is 36.4 Å². The van der Waals surface area contributed by atoms with E-state index in [4.69, 9.17) is 5.26 Å². The van der Waals surface area contributed by atoms with Crippen molar-refractivity contribution < 1.29 is 14.4 Å². The van der Waals surface area contributed by atoms with Crippen LogP contribution >= 0.6 is 0 Å². The summed E-state index contributed by atoms with van der Waals surface area (Å²) in [5.41, 5.74) is 1.21. The average Bonchev–Trinajstić information content (AvgIpc) is 2.78. The highest BCUT2D eigenvalue weighted by Crippen LogP contribution is 2.18. The van der Waals surface area contributed by atoms with Crippen molar-refractivity contribution in [2.75, 3.05) is 25.0 Å². The van der Waals surface area contributed by atoms with Crippen LogP contribution in [0.15, 0.2) is 48.8 Å². The normalized spacial score (nSPS) is 14.0. The summed E-state index contributed by atoms with van der Waals surface area (Å²) in [6.45, 7) is 1.57. The van der Waals surface area contributed by atoms with Crippen LogP contribution in [0.5, 0.6) is 0 Å². The Hall–Kier alpha value is -3.73. The number of likely N-dealkylation sites (tertiary alicyclic amines) is 1. The molecule has 0 spiro atoms. The van der Waals surface area contributed by atoms with Gasteiger partial charge in [-0.2, -0.15) is 5.26 Å². The summed E-state index contributed by atoms with van der Waals surface area (Å²) < 4.78 is 0. The number of carbonyl (C=O) groups excluding carboxylic acids is 3. The summed E-state index contributed by atoms with van der Waals surface area (Å²) in [6.07, 6.45) is 4.68. The number of nitriles is 1. The van der Waals surface area contributed by atoms with E-state index < -0.39 is 11.8 Å². The quantitative estimate of drug-likeness (QED) is 0.768. The monoisotopic (exact) mass is 391 g/mol. The van der Waals surface area contributed by atoms with Crippen LogP contribution in [0.1, 0.15) is 28.8 Å². The Balaban J connectivity index is 1.44. The van der Waals surface area contributed by atoms with Gasteiger partial charge in [-0.3, -0.25) is 19.4 Å². The fourth-order valence-corrected chi connectivity index (χ4v) is 3.20. The molecule has 0 aliphatic carbocycles. The van der Waals surface area contributed by atoms with Crippen molar-refractivity contribution in [2.24, 2.45) is 5.92 Å². The van der Waals surface area contributed by atoms with E-state index in [1.54, 1.807) is 53.7 Å². The lowest BCUT2D eigenvalue weighted by molar-refractivity contribution is -0.136. The highest BCUT2D eigenvalue weighted by atomic mass is 16.2. The van der Waals surface area contributed by atoms with Gasteiger partial charge in [0.1, 0.15) is 6.07 Å². The molecule has 1 aliphatic heterocycles. The van der Waals surface area contributed by atoms with Crippen molar-refractivity contribution in [2.45, 2.75) is 12.8 Å². The molecule has 3 rings (SSSR count). The van der Waals surface area contributed by atoms with Gasteiger partial charge in [0.15, 0.2) is 0 Å². The molecule has 29 heavy (non-hydrogen) atoms. The van der Waals surface area contributed by atoms with Crippen LogP contribution in [0.2, 0.25) is 0 Å². The Morgan fingerprint density at radius 3 is 2.45 bits per heavy atom. The lowest BCUT2D eigenvalue weighted by Gasteiger charge is -2.32. The number of pyridine rings is 1. The number of rotatable bonds is 4. The first kappa shape index (κ1) is 20.0. The van der Waals surface area contributed by atoms with Gasteiger partial charge in [-0.15, -0.1) is 0 Å². The maximum Gasteiger partial charge on any atom is 0.313 e. The Labute approximate surface area is 168 Å². The number of hydrogen-bond donors (Lipinski definition) is 2. The van der Waals surface area contributed by atoms with Crippen molar-refractivity contribution in [1.82, 2.24) is 15.2 Å². The SMILES string of the molecule is N#Cc1ccccc1NC(=O)C(=O)NCC1CCN(C(=O)c2ccncc2)CC1. The number of benzene rings is 1. The lowest BCUT2D eigenvalue weighted by atomic mass is 9.96. The third kappa shape index (κ3) is 5.17. The predicted molar refractivity (Wildman–Crippen MR) is 106 cm³/mol. The van der Waals surface area contributed by atoms with Gasteiger partial charge < -0.3 is 15.5 Å². The molecule has 1 aromatic heterocycles. The fourth-order valence-electron chi connectivity index (χ4n) is 3.20. The second kappa shape index (κ2) is 9.46. The maximum absolute atomic E-state index is 12.4. The van der Waals surface area contributed by atoms with Crippen molar-refractivity contribution >= 4 is 23.4 Å². The van der Waals surface area contributed by atoms with Crippen LogP contribution in [0.25, 0.3) is 0 Å². The number of aromatic nitrogens is 1. The molecule has 0 atom stereocenters. The zero-order chi connectivity index (χ0) is 20.6. The smallest absolute Gasteiger partial charge is 0.313 e. The van der Waals surface area contributed by atoms with Crippen LogP contribution in [0, 0.1) is 17.2 Å². The molecule has 2 aromatic rings. The van der Waals surface area contributed by atoms with E-state index in [1.165, 1.54) is 0 Å². The number of nitrogens with one attached hydrogen (secondary N) is 2. The van der Waals surface area contributed by atoms with Gasteiger partial charge in [0.2, 0.25) is 0 Å². The van der Waals surface area contributed by atoms with Gasteiger partial charge in [-0.05, 0) is 43.0 Å². The molecule has 0 radical (unpaired) electrons. The molecule has 1 aliphatic rings. The molecule has 0 unspecified atom stereocenters. The number of para-hydroxylation sites is 1. The number of anilines is 1. The van der Waals surface area contributed by atoms with Gasteiger partial charge in [-0.1, -0.05) is 12.1 Å². The summed E-state index contributed by atoms with van der Waals surface area (Å²) in [5, 5.41) is 14.1. The Kier molecular flexibility index (Phi) is 6.53. The van der Waals surface area contributed by atoms with E-state index in [-0.39, 0.29) is 11.8 Å². The lowest BCUT2D eigenvalue weighted by Crippen LogP contribution is -2.43. The van der Waals surface area contributed by atoms with Crippen LogP contribution in [-0.2, 0) is 9.59 Å². The Bertz CT molecular complexity index is 931. The van der Waals surface area contributed by atoms with E-state index in [0.717, 1.165) is 12.8 Å². The molecule has 2 N–H and O–H groups in total. The molecule has 8 nitrogen and oxygen atoms in total. The van der Waals surface area contributed by atoms with E-state index >= 15 is 0 Å². The van der Waals surface area contributed by atoms with Crippen LogP contribution < -0.4 is 10.6 Å². The fraction of sp³-hybridized carbons (Fsp3) is 0.286. The molecule has 1 fully saturated rings. The number of amides is 3. The van der Waals surface area contributed by atoms with Gasteiger partial charge in [0.25, 0.3) is 5.91 Å². The predicted octanol–water partition coefficient (Wildman–Crippen LogP) is 1.56. The van der Waals surface area contributed by atoms with Gasteiger partial charge in [-0.25, -0.2) is 0 Å². The summed E-state index contributed by atoms with van der Waals surface area (Å²) in [7, 11) is 0. The van der Waals surface area contributed by atoms with E-state index in [2.05, 4.69) is 15.6 Å². The maximum atomic E-state index is 12.4. The van der Waals surface area contributed by atoms with Crippen LogP contribution in [0.3, 0.4) is 0 Å². The van der Waals surface area contributed by atoms with Gasteiger partial charge >= 0.3 is 11.8 Å². The number of piperidine rings is 1. The first-order valence-electron chi connectivity index (χ1n) is 9.36. The Morgan fingerprint density at radius 1 is 1.07 bits per heavy atom. The van der Waals surface area contributed by atoms with E-state index in [1.807, 2.05) is 6.07 Å². The number of nitrogens with zero attached hydrogens (tertiary/aromatic N) is 3. The van der Waals surface area contributed by atoms with Gasteiger partial charge in [0, 0.05) is 37.6 Å². The molecule has 3 amide bonds. The molecule has 0 bridgehead atoms. The molecule has 0 saturated carbocycles. The largest absolute Gasteiger partial charge is 0.348 e. The highest BCUT2D eigenvalue weighted by molar-refractivity contribution is 6.39. The zero-order valence-corrected chi connectivity index (χ0v) is 15.8. The summed E-state index contributed by atoms with van der Waals surface area (Å²) in [5.74, 6) is -1.38. The first-order valence-corrected chi connectivity index (χ1v) is 9.36. The summed E-state index contributed by atoms with van der Waals surface area (Å²) in [4.78, 5) is 42.3. The van der Waals surface area contributed by atoms with Crippen molar-refractivity contribution in [3.8, 4) is 6.07 Å². The number of carbonyl (C=O) groups is 3. The molecule has 2 heterocycles. The minimum Gasteiger partial charge on any atom is -0.348 e. The topological polar surface area (TPSA) is 115 Å². The third-order valence-electron chi connectivity index (χ3n) is 4.88. The summed E-state index contributed by atoms with van der Waals surface area (Å²) >= 11 is 0. The second-order valence-electron chi connectivity index (χ2n) is 6.79. The third-order valence-corrected chi connectivity index (χ3v) is 4.88. The highest BCUT2D eigenvalue weighted by Gasteiger charge is 2.24. The molecule has 148 valence electrons. The molecular weight excluding hydrogens is 370 g/mol. The second-order valence-corrected chi connectivity index (χ2v) is 6.79. The summed E-state index contributed by atoms with van der Waals surface area (Å²) in [6, 6.07) is 11.8. The van der Waals surface area contributed by atoms with Crippen molar-refractivity contribution in [3.05, 3.63) is 59.9 Å². The molecular formula is C21H21N5O3. The first-order chi connectivity index (χ1) is 14.1. The van der Waals surface area contributed by atoms with Crippen LogP contribution in [-0.4, -0.2) is 47.2 Å². The average molecular weight is 391 g/mol. The van der Waals surface area contributed by atoms with Gasteiger partial charge in [0.05, 0.1) is 11.3 Å². The molecule has 8 heteroatoms. The van der Waals surface area contributed by atoms with E-state index in [9.17, 15) is 14.4 Å².